The second kappa shape index (κ2) is 4.30. The number of thiocarbonyl (C=S) groups is 1. The Labute approximate surface area is 101 Å². The summed E-state index contributed by atoms with van der Waals surface area (Å²) in [5.41, 5.74) is 11.3. The summed E-state index contributed by atoms with van der Waals surface area (Å²) in [5.74, 6) is -0.191. The van der Waals surface area contributed by atoms with Crippen LogP contribution in [0.25, 0.3) is 0 Å². The van der Waals surface area contributed by atoms with E-state index in [4.69, 9.17) is 23.7 Å². The van der Waals surface area contributed by atoms with E-state index in [0.29, 0.717) is 4.99 Å². The molecule has 2 aliphatic rings. The number of likely N-dealkylation sites (tertiary alicyclic amines) is 1. The molecule has 1 saturated heterocycles. The fourth-order valence-corrected chi connectivity index (χ4v) is 3.01. The Morgan fingerprint density at radius 3 is 2.62 bits per heavy atom. The summed E-state index contributed by atoms with van der Waals surface area (Å²) in [4.78, 5) is 14.1. The molecule has 4 N–H and O–H groups in total. The predicted octanol–water partition coefficient (Wildman–Crippen LogP) is 0.392. The summed E-state index contributed by atoms with van der Waals surface area (Å²) in [6, 6.07) is -0.0659. The Morgan fingerprint density at radius 1 is 1.44 bits per heavy atom. The van der Waals surface area contributed by atoms with E-state index < -0.39 is 0 Å². The van der Waals surface area contributed by atoms with E-state index in [-0.39, 0.29) is 17.4 Å². The lowest BCUT2D eigenvalue weighted by Crippen LogP contribution is -2.43. The molecule has 1 heterocycles. The molecule has 0 aromatic rings. The number of nitrogens with zero attached hydrogens (tertiary/aromatic N) is 1. The molecule has 2 fully saturated rings. The van der Waals surface area contributed by atoms with Crippen LogP contribution in [0.1, 0.15) is 32.1 Å². The van der Waals surface area contributed by atoms with Gasteiger partial charge in [-0.1, -0.05) is 12.2 Å². The van der Waals surface area contributed by atoms with Crippen molar-refractivity contribution in [3.05, 3.63) is 0 Å². The molecule has 0 aromatic carbocycles. The molecule has 0 spiro atoms. The molecule has 1 saturated carbocycles. The van der Waals surface area contributed by atoms with Gasteiger partial charge in [-0.3, -0.25) is 9.69 Å². The molecule has 1 atom stereocenters. The van der Waals surface area contributed by atoms with Gasteiger partial charge in [0.15, 0.2) is 0 Å². The highest BCUT2D eigenvalue weighted by Crippen LogP contribution is 2.50. The van der Waals surface area contributed by atoms with Crippen LogP contribution < -0.4 is 11.5 Å². The number of rotatable bonds is 5. The minimum absolute atomic E-state index is 0.0659. The highest BCUT2D eigenvalue weighted by molar-refractivity contribution is 7.80. The normalized spacial score (nSPS) is 27.9. The van der Waals surface area contributed by atoms with Crippen LogP contribution in [0.2, 0.25) is 0 Å². The van der Waals surface area contributed by atoms with Crippen LogP contribution in [0.4, 0.5) is 0 Å². The smallest absolute Gasteiger partial charge is 0.234 e. The average Bonchev–Trinajstić information content (AvgIpc) is 2.75. The molecular weight excluding hydrogens is 222 g/mol. The molecule has 1 amide bonds. The van der Waals surface area contributed by atoms with Crippen molar-refractivity contribution in [2.45, 2.75) is 38.1 Å². The third-order valence-electron chi connectivity index (χ3n) is 3.74. The van der Waals surface area contributed by atoms with Crippen LogP contribution in [-0.4, -0.2) is 34.9 Å². The topological polar surface area (TPSA) is 72.4 Å². The molecule has 2 rings (SSSR count). The lowest BCUT2D eigenvalue weighted by molar-refractivity contribution is -0.122. The van der Waals surface area contributed by atoms with E-state index in [1.807, 2.05) is 0 Å². The molecule has 4 nitrogen and oxygen atoms in total. The third kappa shape index (κ3) is 2.52. The Morgan fingerprint density at radius 2 is 2.12 bits per heavy atom. The maximum absolute atomic E-state index is 11.3. The number of carbonyl (C=O) groups excluding carboxylic acids is 1. The zero-order chi connectivity index (χ0) is 11.8. The van der Waals surface area contributed by atoms with Crippen molar-refractivity contribution in [2.75, 3.05) is 13.1 Å². The van der Waals surface area contributed by atoms with Crippen molar-refractivity contribution in [3.8, 4) is 0 Å². The molecule has 16 heavy (non-hydrogen) atoms. The Balaban J connectivity index is 1.94. The second-order valence-corrected chi connectivity index (χ2v) is 5.70. The molecule has 1 aliphatic heterocycles. The van der Waals surface area contributed by atoms with Gasteiger partial charge in [-0.25, -0.2) is 0 Å². The van der Waals surface area contributed by atoms with Crippen LogP contribution in [0, 0.1) is 5.41 Å². The third-order valence-corrected chi connectivity index (χ3v) is 3.88. The maximum atomic E-state index is 11.3. The van der Waals surface area contributed by atoms with Gasteiger partial charge in [0.05, 0.1) is 11.0 Å². The molecule has 1 aliphatic carbocycles. The standard InChI is InChI=1S/C11H19N3OS/c12-9(16)6-11(3-4-11)7-14-5-1-2-8(14)10(13)15/h8H,1-7H2,(H2,12,16)(H2,13,15). The Bertz CT molecular complexity index is 314. The molecule has 90 valence electrons. The van der Waals surface area contributed by atoms with E-state index in [1.165, 1.54) is 12.8 Å². The fourth-order valence-electron chi connectivity index (χ4n) is 2.71. The lowest BCUT2D eigenvalue weighted by atomic mass is 10.0. The summed E-state index contributed by atoms with van der Waals surface area (Å²) in [6.07, 6.45) is 5.12. The van der Waals surface area contributed by atoms with Crippen LogP contribution in [-0.2, 0) is 4.79 Å². The lowest BCUT2D eigenvalue weighted by Gasteiger charge is -2.27. The van der Waals surface area contributed by atoms with Crippen LogP contribution in [0.15, 0.2) is 0 Å². The van der Waals surface area contributed by atoms with Crippen molar-refractivity contribution < 1.29 is 4.79 Å². The van der Waals surface area contributed by atoms with E-state index >= 15 is 0 Å². The van der Waals surface area contributed by atoms with E-state index in [1.54, 1.807) is 0 Å². The Kier molecular flexibility index (Phi) is 3.17. The first-order valence-corrected chi connectivity index (χ1v) is 6.25. The summed E-state index contributed by atoms with van der Waals surface area (Å²) in [6.45, 7) is 1.91. The first-order valence-electron chi connectivity index (χ1n) is 5.84. The molecular formula is C11H19N3OS. The number of primary amides is 1. The number of carbonyl (C=O) groups is 1. The van der Waals surface area contributed by atoms with Crippen LogP contribution in [0.5, 0.6) is 0 Å². The van der Waals surface area contributed by atoms with Gasteiger partial charge < -0.3 is 11.5 Å². The first kappa shape index (κ1) is 11.8. The van der Waals surface area contributed by atoms with Crippen molar-refractivity contribution in [2.24, 2.45) is 16.9 Å². The highest BCUT2D eigenvalue weighted by Gasteiger charge is 2.46. The predicted molar refractivity (Wildman–Crippen MR) is 66.9 cm³/mol. The largest absolute Gasteiger partial charge is 0.393 e. The zero-order valence-electron chi connectivity index (χ0n) is 9.45. The van der Waals surface area contributed by atoms with Gasteiger partial charge in [0.1, 0.15) is 0 Å². The maximum Gasteiger partial charge on any atom is 0.234 e. The van der Waals surface area contributed by atoms with Crippen molar-refractivity contribution in [1.29, 1.82) is 0 Å². The zero-order valence-corrected chi connectivity index (χ0v) is 10.3. The van der Waals surface area contributed by atoms with E-state index in [2.05, 4.69) is 4.90 Å². The van der Waals surface area contributed by atoms with Gasteiger partial charge in [0.25, 0.3) is 0 Å². The van der Waals surface area contributed by atoms with E-state index in [9.17, 15) is 4.79 Å². The van der Waals surface area contributed by atoms with Crippen molar-refractivity contribution >= 4 is 23.1 Å². The van der Waals surface area contributed by atoms with Crippen LogP contribution in [0.3, 0.4) is 0 Å². The molecule has 0 bridgehead atoms. The quantitative estimate of drug-likeness (QED) is 0.683. The second-order valence-electron chi connectivity index (χ2n) is 5.17. The first-order chi connectivity index (χ1) is 7.52. The van der Waals surface area contributed by atoms with Gasteiger partial charge in [0, 0.05) is 13.0 Å². The van der Waals surface area contributed by atoms with Crippen molar-refractivity contribution in [1.82, 2.24) is 4.90 Å². The van der Waals surface area contributed by atoms with Crippen molar-refractivity contribution in [3.63, 3.8) is 0 Å². The van der Waals surface area contributed by atoms with Gasteiger partial charge in [-0.2, -0.15) is 0 Å². The van der Waals surface area contributed by atoms with Gasteiger partial charge in [-0.05, 0) is 37.6 Å². The fraction of sp³-hybridized carbons (Fsp3) is 0.818. The monoisotopic (exact) mass is 241 g/mol. The number of hydrogen-bond acceptors (Lipinski definition) is 3. The minimum atomic E-state index is -0.191. The molecule has 0 aromatic heterocycles. The van der Waals surface area contributed by atoms with Crippen LogP contribution >= 0.6 is 12.2 Å². The minimum Gasteiger partial charge on any atom is -0.393 e. The average molecular weight is 241 g/mol. The molecule has 0 radical (unpaired) electrons. The van der Waals surface area contributed by atoms with Gasteiger partial charge in [-0.15, -0.1) is 0 Å². The van der Waals surface area contributed by atoms with E-state index in [0.717, 1.165) is 32.4 Å². The number of nitrogens with two attached hydrogens (primary N) is 2. The Hall–Kier alpha value is -0.680. The number of hydrogen-bond donors (Lipinski definition) is 2. The summed E-state index contributed by atoms with van der Waals surface area (Å²) in [7, 11) is 0. The van der Waals surface area contributed by atoms with Gasteiger partial charge in [0.2, 0.25) is 5.91 Å². The molecule has 1 unspecified atom stereocenters. The number of amides is 1. The highest BCUT2D eigenvalue weighted by atomic mass is 32.1. The summed E-state index contributed by atoms with van der Waals surface area (Å²) < 4.78 is 0. The van der Waals surface area contributed by atoms with Gasteiger partial charge >= 0.3 is 0 Å². The summed E-state index contributed by atoms with van der Waals surface area (Å²) >= 11 is 4.97. The molecule has 5 heteroatoms. The SMILES string of the molecule is NC(=O)C1CCCN1CC1(CC(N)=S)CC1. The summed E-state index contributed by atoms with van der Waals surface area (Å²) in [5, 5.41) is 0.